The Hall–Kier alpha value is -3.66. The second-order valence-corrected chi connectivity index (χ2v) is 10.7. The molecule has 182 valence electrons. The molecule has 1 N–H and O–H groups in total. The van der Waals surface area contributed by atoms with Gasteiger partial charge in [0.1, 0.15) is 0 Å². The van der Waals surface area contributed by atoms with Gasteiger partial charge in [-0.3, -0.25) is 14.3 Å². The van der Waals surface area contributed by atoms with Crippen molar-refractivity contribution >= 4 is 23.4 Å². The van der Waals surface area contributed by atoms with Crippen molar-refractivity contribution in [3.05, 3.63) is 76.2 Å². The molecule has 2 heterocycles. The first kappa shape index (κ1) is 24.5. The topological polar surface area (TPSA) is 99.6 Å². The maximum atomic E-state index is 13.4. The summed E-state index contributed by atoms with van der Waals surface area (Å²) in [6.07, 6.45) is 0. The van der Waals surface area contributed by atoms with Gasteiger partial charge in [-0.1, -0.05) is 62.9 Å². The van der Waals surface area contributed by atoms with Crippen molar-refractivity contribution in [2.24, 2.45) is 7.05 Å². The van der Waals surface area contributed by atoms with Crippen LogP contribution in [0, 0.1) is 6.92 Å². The van der Waals surface area contributed by atoms with Crippen LogP contribution < -0.4 is 10.9 Å². The fourth-order valence-corrected chi connectivity index (χ4v) is 4.49. The monoisotopic (exact) mass is 491 g/mol. The number of aromatic nitrogens is 6. The molecule has 2 aromatic heterocycles. The Kier molecular flexibility index (Phi) is 6.66. The van der Waals surface area contributed by atoms with Gasteiger partial charge in [-0.25, -0.2) is 4.68 Å². The van der Waals surface area contributed by atoms with Crippen molar-refractivity contribution in [2.45, 2.75) is 50.4 Å². The number of thioether (sulfide) groups is 1. The first-order chi connectivity index (χ1) is 16.6. The first-order valence-corrected chi connectivity index (χ1v) is 12.2. The van der Waals surface area contributed by atoms with Crippen LogP contribution >= 0.6 is 11.8 Å². The van der Waals surface area contributed by atoms with Gasteiger partial charge < -0.3 is 5.32 Å². The Balaban J connectivity index is 1.56. The van der Waals surface area contributed by atoms with Crippen molar-refractivity contribution in [3.63, 3.8) is 0 Å². The molecule has 0 aliphatic heterocycles. The number of amides is 1. The van der Waals surface area contributed by atoms with Crippen molar-refractivity contribution < 1.29 is 4.79 Å². The third-order valence-corrected chi connectivity index (χ3v) is 6.88. The highest BCUT2D eigenvalue weighted by molar-refractivity contribution is 8.00. The average Bonchev–Trinajstić information content (AvgIpc) is 3.35. The number of nitrogens with one attached hydrogen (secondary N) is 1. The van der Waals surface area contributed by atoms with E-state index in [0.29, 0.717) is 16.5 Å². The molecule has 10 heteroatoms. The molecule has 0 fully saturated rings. The number of benzene rings is 2. The number of para-hydroxylation sites is 1. The van der Waals surface area contributed by atoms with Crippen LogP contribution in [0.1, 0.15) is 39.0 Å². The number of rotatable bonds is 6. The molecule has 1 atom stereocenters. The summed E-state index contributed by atoms with van der Waals surface area (Å²) in [5, 5.41) is 14.7. The van der Waals surface area contributed by atoms with Gasteiger partial charge in [-0.2, -0.15) is 4.68 Å². The molecule has 4 rings (SSSR count). The van der Waals surface area contributed by atoms with Crippen LogP contribution in [0.2, 0.25) is 0 Å². The first-order valence-electron chi connectivity index (χ1n) is 11.3. The van der Waals surface area contributed by atoms with E-state index in [9.17, 15) is 9.59 Å². The normalized spacial score (nSPS) is 12.5. The van der Waals surface area contributed by atoms with E-state index in [1.54, 1.807) is 16.3 Å². The maximum Gasteiger partial charge on any atom is 0.297 e. The van der Waals surface area contributed by atoms with Crippen LogP contribution in [-0.4, -0.2) is 40.7 Å². The third-order valence-electron chi connectivity index (χ3n) is 5.85. The third kappa shape index (κ3) is 4.93. The second kappa shape index (κ2) is 9.53. The average molecular weight is 492 g/mol. The van der Waals surface area contributed by atoms with Crippen LogP contribution in [0.4, 0.5) is 5.69 Å². The predicted octanol–water partition coefficient (Wildman–Crippen LogP) is 3.88. The summed E-state index contributed by atoms with van der Waals surface area (Å²) in [7, 11) is 1.81. The maximum absolute atomic E-state index is 13.4. The zero-order valence-electron chi connectivity index (χ0n) is 20.7. The van der Waals surface area contributed by atoms with Crippen LogP contribution in [0.15, 0.2) is 64.5 Å². The zero-order valence-corrected chi connectivity index (χ0v) is 21.5. The lowest BCUT2D eigenvalue weighted by Crippen LogP contribution is -2.24. The SMILES string of the molecule is Cc1c(-n2nnnc2SC(C)C(=O)Nc2ccc(C(C)(C)C)cc2)c(=O)n(-c2ccccc2)n1C. The van der Waals surface area contributed by atoms with Gasteiger partial charge in [0, 0.05) is 12.7 Å². The van der Waals surface area contributed by atoms with Crippen LogP contribution in [0.3, 0.4) is 0 Å². The summed E-state index contributed by atoms with van der Waals surface area (Å²) in [5.41, 5.74) is 3.48. The van der Waals surface area contributed by atoms with Gasteiger partial charge in [0.25, 0.3) is 5.56 Å². The lowest BCUT2D eigenvalue weighted by Gasteiger charge is -2.19. The fraction of sp³-hybridized carbons (Fsp3) is 0.320. The Morgan fingerprint density at radius 2 is 1.71 bits per heavy atom. The molecular formula is C25H29N7O2S. The van der Waals surface area contributed by atoms with Gasteiger partial charge in [-0.15, -0.1) is 5.10 Å². The molecule has 0 bridgehead atoms. The van der Waals surface area contributed by atoms with E-state index in [4.69, 9.17) is 0 Å². The molecule has 0 spiro atoms. The number of anilines is 1. The second-order valence-electron chi connectivity index (χ2n) is 9.36. The number of carbonyl (C=O) groups excluding carboxylic acids is 1. The molecule has 2 aromatic carbocycles. The highest BCUT2D eigenvalue weighted by Gasteiger charge is 2.25. The molecule has 0 aliphatic rings. The molecule has 0 radical (unpaired) electrons. The highest BCUT2D eigenvalue weighted by Crippen LogP contribution is 2.26. The predicted molar refractivity (Wildman–Crippen MR) is 138 cm³/mol. The molecule has 35 heavy (non-hydrogen) atoms. The number of tetrazole rings is 1. The van der Waals surface area contributed by atoms with Crippen molar-refractivity contribution in [1.82, 2.24) is 29.6 Å². The molecule has 1 unspecified atom stereocenters. The number of carbonyl (C=O) groups is 1. The molecule has 4 aromatic rings. The molecule has 9 nitrogen and oxygen atoms in total. The van der Waals surface area contributed by atoms with Gasteiger partial charge in [0.2, 0.25) is 11.1 Å². The van der Waals surface area contributed by atoms with Crippen LogP contribution in [-0.2, 0) is 17.3 Å². The van der Waals surface area contributed by atoms with E-state index in [2.05, 4.69) is 41.6 Å². The summed E-state index contributed by atoms with van der Waals surface area (Å²) >= 11 is 1.19. The van der Waals surface area contributed by atoms with Crippen LogP contribution in [0.25, 0.3) is 11.4 Å². The smallest absolute Gasteiger partial charge is 0.297 e. The number of hydrogen-bond acceptors (Lipinski definition) is 6. The van der Waals surface area contributed by atoms with E-state index in [-0.39, 0.29) is 16.9 Å². The van der Waals surface area contributed by atoms with E-state index in [0.717, 1.165) is 11.4 Å². The minimum atomic E-state index is -0.498. The van der Waals surface area contributed by atoms with Gasteiger partial charge in [0.05, 0.1) is 16.6 Å². The summed E-state index contributed by atoms with van der Waals surface area (Å²) in [4.78, 5) is 26.2. The minimum absolute atomic E-state index is 0.0391. The largest absolute Gasteiger partial charge is 0.325 e. The Morgan fingerprint density at radius 3 is 2.34 bits per heavy atom. The van der Waals surface area contributed by atoms with Crippen molar-refractivity contribution in [3.8, 4) is 11.4 Å². The van der Waals surface area contributed by atoms with Crippen molar-refractivity contribution in [2.75, 3.05) is 5.32 Å². The summed E-state index contributed by atoms with van der Waals surface area (Å²) in [5.74, 6) is -0.181. The quantitative estimate of drug-likeness (QED) is 0.411. The highest BCUT2D eigenvalue weighted by atomic mass is 32.2. The lowest BCUT2D eigenvalue weighted by molar-refractivity contribution is -0.115. The van der Waals surface area contributed by atoms with Gasteiger partial charge in [-0.05, 0) is 59.5 Å². The molecule has 0 saturated heterocycles. The number of hydrogen-bond donors (Lipinski definition) is 1. The molecular weight excluding hydrogens is 462 g/mol. The summed E-state index contributed by atoms with van der Waals surface area (Å²) in [6, 6.07) is 17.2. The van der Waals surface area contributed by atoms with Gasteiger partial charge in [0.15, 0.2) is 5.69 Å². The van der Waals surface area contributed by atoms with E-state index >= 15 is 0 Å². The van der Waals surface area contributed by atoms with Gasteiger partial charge >= 0.3 is 0 Å². The zero-order chi connectivity index (χ0) is 25.3. The minimum Gasteiger partial charge on any atom is -0.325 e. The molecule has 0 saturated carbocycles. The van der Waals surface area contributed by atoms with E-state index in [1.165, 1.54) is 22.0 Å². The number of nitrogens with zero attached hydrogens (tertiary/aromatic N) is 6. The van der Waals surface area contributed by atoms with Crippen LogP contribution in [0.5, 0.6) is 0 Å². The Morgan fingerprint density at radius 1 is 1.06 bits per heavy atom. The Labute approximate surface area is 208 Å². The summed E-state index contributed by atoms with van der Waals surface area (Å²) < 4.78 is 4.74. The Bertz CT molecular complexity index is 1400. The lowest BCUT2D eigenvalue weighted by atomic mass is 9.87. The fourth-order valence-electron chi connectivity index (χ4n) is 3.70. The van der Waals surface area contributed by atoms with Crippen molar-refractivity contribution in [1.29, 1.82) is 0 Å². The van der Waals surface area contributed by atoms with E-state index in [1.807, 2.05) is 68.6 Å². The standard InChI is InChI=1S/C25H29N7O2S/c1-16-21(23(34)32(30(16)6)20-10-8-7-9-11-20)31-24(27-28-29-31)35-17(2)22(33)26-19-14-12-18(13-15-19)25(3,4)5/h7-15,17H,1-6H3,(H,26,33). The summed E-state index contributed by atoms with van der Waals surface area (Å²) in [6.45, 7) is 10.1. The van der Waals surface area contributed by atoms with E-state index < -0.39 is 5.25 Å². The molecule has 0 aliphatic carbocycles. The molecule has 1 amide bonds.